The first kappa shape index (κ1) is 23.4. The van der Waals surface area contributed by atoms with Crippen LogP contribution in [-0.2, 0) is 9.59 Å². The minimum absolute atomic E-state index is 0.0919. The lowest BCUT2D eigenvalue weighted by Gasteiger charge is -2.25. The Hall–Kier alpha value is -3.81. The molecule has 0 radical (unpaired) electrons. The number of rotatable bonds is 9. The standard InChI is InChI=1S/C26H28N4O4/c1-4-18-22(8-9-23(18)31)30-24(26(32)33)19(5-2)21-7-6-17(13-28-21)34-25-20-14-27-11-10-16(20)12-15(3)29-25/h6-7,10-14,19,24,30H,4-5,8-9H2,1-3H3,(H,32,33). The predicted molar refractivity (Wildman–Crippen MR) is 128 cm³/mol. The molecule has 8 heteroatoms. The van der Waals surface area contributed by atoms with Gasteiger partial charge < -0.3 is 15.2 Å². The number of pyridine rings is 3. The van der Waals surface area contributed by atoms with Crippen LogP contribution in [0.15, 0.2) is 54.1 Å². The van der Waals surface area contributed by atoms with E-state index in [1.807, 2.05) is 32.9 Å². The topological polar surface area (TPSA) is 114 Å². The zero-order valence-corrected chi connectivity index (χ0v) is 19.5. The number of allylic oxidation sites excluding steroid dienone is 2. The number of ether oxygens (including phenoxy) is 1. The van der Waals surface area contributed by atoms with Crippen molar-refractivity contribution >= 4 is 22.5 Å². The summed E-state index contributed by atoms with van der Waals surface area (Å²) in [7, 11) is 0. The van der Waals surface area contributed by atoms with E-state index in [1.165, 1.54) is 0 Å². The highest BCUT2D eigenvalue weighted by Crippen LogP contribution is 2.31. The first-order valence-corrected chi connectivity index (χ1v) is 11.5. The number of carbonyl (C=O) groups is 2. The third kappa shape index (κ3) is 4.76. The molecular formula is C26H28N4O4. The number of carboxylic acids is 1. The van der Waals surface area contributed by atoms with Gasteiger partial charge in [0.15, 0.2) is 5.78 Å². The molecule has 0 bridgehead atoms. The van der Waals surface area contributed by atoms with Crippen molar-refractivity contribution in [1.82, 2.24) is 20.3 Å². The van der Waals surface area contributed by atoms with Crippen LogP contribution >= 0.6 is 0 Å². The molecule has 2 N–H and O–H groups in total. The molecule has 3 aromatic heterocycles. The monoisotopic (exact) mass is 460 g/mol. The van der Waals surface area contributed by atoms with Crippen molar-refractivity contribution in [3.05, 3.63) is 65.5 Å². The lowest BCUT2D eigenvalue weighted by molar-refractivity contribution is -0.140. The normalized spacial score (nSPS) is 15.4. The molecule has 4 rings (SSSR count). The Morgan fingerprint density at radius 1 is 1.21 bits per heavy atom. The summed E-state index contributed by atoms with van der Waals surface area (Å²) in [5, 5.41) is 14.9. The highest BCUT2D eigenvalue weighted by Gasteiger charge is 2.32. The fraction of sp³-hybridized carbons (Fsp3) is 0.346. The molecule has 0 saturated heterocycles. The first-order chi connectivity index (χ1) is 16.4. The van der Waals surface area contributed by atoms with Crippen LogP contribution in [-0.4, -0.2) is 37.9 Å². The van der Waals surface area contributed by atoms with Crippen molar-refractivity contribution in [3.8, 4) is 11.6 Å². The summed E-state index contributed by atoms with van der Waals surface area (Å²) in [6.45, 7) is 5.74. The van der Waals surface area contributed by atoms with Gasteiger partial charge in [-0.2, -0.15) is 0 Å². The molecule has 176 valence electrons. The van der Waals surface area contributed by atoms with Crippen LogP contribution < -0.4 is 10.1 Å². The number of aliphatic carboxylic acids is 1. The Morgan fingerprint density at radius 2 is 2.03 bits per heavy atom. The van der Waals surface area contributed by atoms with E-state index in [1.54, 1.807) is 30.7 Å². The molecule has 1 aliphatic rings. The maximum Gasteiger partial charge on any atom is 0.326 e. The smallest absolute Gasteiger partial charge is 0.326 e. The number of nitrogens with one attached hydrogen (secondary N) is 1. The summed E-state index contributed by atoms with van der Waals surface area (Å²) in [5.74, 6) is -0.317. The molecule has 0 saturated carbocycles. The Labute approximate surface area is 198 Å². The molecule has 3 aromatic rings. The number of hydrogen-bond donors (Lipinski definition) is 2. The van der Waals surface area contributed by atoms with Gasteiger partial charge in [-0.15, -0.1) is 0 Å². The van der Waals surface area contributed by atoms with Gasteiger partial charge in [-0.05, 0) is 55.8 Å². The second-order valence-corrected chi connectivity index (χ2v) is 8.40. The third-order valence-electron chi connectivity index (χ3n) is 6.18. The van der Waals surface area contributed by atoms with Crippen molar-refractivity contribution in [2.45, 2.75) is 58.4 Å². The van der Waals surface area contributed by atoms with Crippen LogP contribution in [0.1, 0.15) is 56.8 Å². The number of aromatic nitrogens is 3. The van der Waals surface area contributed by atoms with E-state index < -0.39 is 12.0 Å². The maximum atomic E-state index is 12.2. The average Bonchev–Trinajstić information content (AvgIpc) is 3.18. The van der Waals surface area contributed by atoms with Gasteiger partial charge in [-0.3, -0.25) is 14.8 Å². The molecule has 3 heterocycles. The van der Waals surface area contributed by atoms with Crippen molar-refractivity contribution in [3.63, 3.8) is 0 Å². The highest BCUT2D eigenvalue weighted by atomic mass is 16.5. The van der Waals surface area contributed by atoms with Crippen LogP contribution in [0.4, 0.5) is 0 Å². The van der Waals surface area contributed by atoms with E-state index >= 15 is 0 Å². The van der Waals surface area contributed by atoms with Gasteiger partial charge in [-0.25, -0.2) is 9.78 Å². The van der Waals surface area contributed by atoms with Gasteiger partial charge in [-0.1, -0.05) is 13.8 Å². The van der Waals surface area contributed by atoms with Crippen molar-refractivity contribution in [1.29, 1.82) is 0 Å². The van der Waals surface area contributed by atoms with Crippen LogP contribution in [0.3, 0.4) is 0 Å². The molecule has 0 spiro atoms. The molecule has 0 aromatic carbocycles. The molecule has 1 aliphatic carbocycles. The average molecular weight is 461 g/mol. The molecular weight excluding hydrogens is 432 g/mol. The van der Waals surface area contributed by atoms with Gasteiger partial charge in [0.2, 0.25) is 5.88 Å². The zero-order chi connectivity index (χ0) is 24.2. The molecule has 0 fully saturated rings. The second kappa shape index (κ2) is 9.99. The molecule has 0 amide bonds. The van der Waals surface area contributed by atoms with E-state index in [9.17, 15) is 14.7 Å². The van der Waals surface area contributed by atoms with E-state index in [0.717, 1.165) is 22.2 Å². The number of hydrogen-bond acceptors (Lipinski definition) is 7. The SMILES string of the molecule is CCC1=C(NC(C(=O)O)C(CC)c2ccc(Oc3nc(C)cc4ccncc34)cn2)CCC1=O. The summed E-state index contributed by atoms with van der Waals surface area (Å²) >= 11 is 0. The molecule has 8 nitrogen and oxygen atoms in total. The van der Waals surface area contributed by atoms with Gasteiger partial charge in [0, 0.05) is 47.4 Å². The highest BCUT2D eigenvalue weighted by molar-refractivity contribution is 5.98. The summed E-state index contributed by atoms with van der Waals surface area (Å²) < 4.78 is 6.01. The van der Waals surface area contributed by atoms with E-state index in [4.69, 9.17) is 4.74 Å². The Balaban J connectivity index is 1.57. The lowest BCUT2D eigenvalue weighted by atomic mass is 9.92. The van der Waals surface area contributed by atoms with Crippen molar-refractivity contribution in [2.24, 2.45) is 0 Å². The lowest BCUT2D eigenvalue weighted by Crippen LogP contribution is -2.41. The van der Waals surface area contributed by atoms with Gasteiger partial charge >= 0.3 is 5.97 Å². The quantitative estimate of drug-likeness (QED) is 0.473. The van der Waals surface area contributed by atoms with E-state index in [0.29, 0.717) is 48.6 Å². The van der Waals surface area contributed by atoms with E-state index in [2.05, 4.69) is 20.3 Å². The predicted octanol–water partition coefficient (Wildman–Crippen LogP) is 4.69. The van der Waals surface area contributed by atoms with Gasteiger partial charge in [0.1, 0.15) is 11.8 Å². The fourth-order valence-corrected chi connectivity index (χ4v) is 4.46. The number of carbonyl (C=O) groups excluding carboxylic acids is 1. The Bertz CT molecular complexity index is 1250. The number of nitrogens with zero attached hydrogens (tertiary/aromatic N) is 3. The summed E-state index contributed by atoms with van der Waals surface area (Å²) in [4.78, 5) is 37.4. The Morgan fingerprint density at radius 3 is 2.71 bits per heavy atom. The molecule has 34 heavy (non-hydrogen) atoms. The van der Waals surface area contributed by atoms with Crippen LogP contribution in [0.25, 0.3) is 10.8 Å². The van der Waals surface area contributed by atoms with E-state index in [-0.39, 0.29) is 11.7 Å². The number of Topliss-reactive ketones (excluding diaryl/α,β-unsaturated/α-hetero) is 1. The van der Waals surface area contributed by atoms with Crippen molar-refractivity contribution < 1.29 is 19.4 Å². The minimum atomic E-state index is -0.973. The summed E-state index contributed by atoms with van der Waals surface area (Å²) in [5.41, 5.74) is 2.90. The minimum Gasteiger partial charge on any atom is -0.480 e. The van der Waals surface area contributed by atoms with Crippen LogP contribution in [0.5, 0.6) is 11.6 Å². The summed E-state index contributed by atoms with van der Waals surface area (Å²) in [6.07, 6.45) is 7.15. The van der Waals surface area contributed by atoms with Crippen LogP contribution in [0, 0.1) is 6.92 Å². The molecule has 0 aliphatic heterocycles. The number of carboxylic acid groups (broad SMARTS) is 1. The van der Waals surface area contributed by atoms with Crippen LogP contribution in [0.2, 0.25) is 0 Å². The van der Waals surface area contributed by atoms with Gasteiger partial charge in [0.05, 0.1) is 11.6 Å². The van der Waals surface area contributed by atoms with Gasteiger partial charge in [0.25, 0.3) is 0 Å². The third-order valence-corrected chi connectivity index (χ3v) is 6.18. The number of fused-ring (bicyclic) bond motifs is 1. The maximum absolute atomic E-state index is 12.2. The van der Waals surface area contributed by atoms with Crippen molar-refractivity contribution in [2.75, 3.05) is 0 Å². The largest absolute Gasteiger partial charge is 0.480 e. The number of ketones is 1. The zero-order valence-electron chi connectivity index (χ0n) is 19.5. The summed E-state index contributed by atoms with van der Waals surface area (Å²) in [6, 6.07) is 6.53. The Kier molecular flexibility index (Phi) is 6.86. The molecule has 2 atom stereocenters. The second-order valence-electron chi connectivity index (χ2n) is 8.40. The first-order valence-electron chi connectivity index (χ1n) is 11.5. The molecule has 2 unspecified atom stereocenters. The number of aryl methyl sites for hydroxylation is 1. The fourth-order valence-electron chi connectivity index (χ4n) is 4.46.